The third kappa shape index (κ3) is 4.22. The number of carbonyl (C=O) groups excluding carboxylic acids is 2. The maximum absolute atomic E-state index is 12.5. The summed E-state index contributed by atoms with van der Waals surface area (Å²) >= 11 is 0. The number of aromatic nitrogens is 1. The topological polar surface area (TPSA) is 62.3 Å². The number of pyridine rings is 1. The number of hydrogen-bond acceptors (Lipinski definition) is 3. The molecule has 1 aliphatic heterocycles. The van der Waals surface area contributed by atoms with Crippen molar-refractivity contribution in [3.05, 3.63) is 36.0 Å². The van der Waals surface area contributed by atoms with Gasteiger partial charge in [-0.2, -0.15) is 0 Å². The van der Waals surface area contributed by atoms with Crippen molar-refractivity contribution >= 4 is 17.6 Å². The summed E-state index contributed by atoms with van der Waals surface area (Å²) in [6.07, 6.45) is 10.5. The number of likely N-dealkylation sites (tertiary alicyclic amines) is 1. The molecule has 0 spiro atoms. The van der Waals surface area contributed by atoms with Crippen LogP contribution in [0.2, 0.25) is 0 Å². The number of anilines is 1. The molecule has 2 atom stereocenters. The summed E-state index contributed by atoms with van der Waals surface area (Å²) in [6.45, 7) is 3.25. The average molecular weight is 327 g/mol. The Morgan fingerprint density at radius 3 is 2.92 bits per heavy atom. The fourth-order valence-electron chi connectivity index (χ4n) is 3.41. The van der Waals surface area contributed by atoms with E-state index in [-0.39, 0.29) is 17.7 Å². The van der Waals surface area contributed by atoms with Gasteiger partial charge in [-0.15, -0.1) is 0 Å². The largest absolute Gasteiger partial charge is 0.342 e. The zero-order valence-electron chi connectivity index (χ0n) is 14.2. The van der Waals surface area contributed by atoms with Gasteiger partial charge in [0.15, 0.2) is 0 Å². The van der Waals surface area contributed by atoms with E-state index in [9.17, 15) is 9.59 Å². The van der Waals surface area contributed by atoms with Crippen molar-refractivity contribution in [2.45, 2.75) is 39.0 Å². The Morgan fingerprint density at radius 1 is 1.33 bits per heavy atom. The predicted molar refractivity (Wildman–Crippen MR) is 93.4 cm³/mol. The maximum Gasteiger partial charge on any atom is 0.230 e. The molecular weight excluding hydrogens is 302 g/mol. The maximum atomic E-state index is 12.5. The summed E-state index contributed by atoms with van der Waals surface area (Å²) in [6, 6.07) is 3.74. The Bertz CT molecular complexity index is 624. The van der Waals surface area contributed by atoms with Crippen molar-refractivity contribution in [1.29, 1.82) is 0 Å². The number of hydrogen-bond donors (Lipinski definition) is 1. The first-order chi connectivity index (χ1) is 11.6. The number of rotatable bonds is 4. The highest BCUT2D eigenvalue weighted by Gasteiger charge is 2.29. The molecule has 0 bridgehead atoms. The summed E-state index contributed by atoms with van der Waals surface area (Å²) in [4.78, 5) is 31.0. The molecule has 5 nitrogen and oxygen atoms in total. The second-order valence-corrected chi connectivity index (χ2v) is 6.86. The molecule has 2 amide bonds. The highest BCUT2D eigenvalue weighted by molar-refractivity contribution is 5.92. The molecule has 128 valence electrons. The molecule has 0 radical (unpaired) electrons. The molecule has 0 unspecified atom stereocenters. The Morgan fingerprint density at radius 2 is 2.21 bits per heavy atom. The lowest BCUT2D eigenvalue weighted by atomic mass is 9.95. The molecule has 1 N–H and O–H groups in total. The number of carbonyl (C=O) groups is 2. The number of aryl methyl sites for hydroxylation is 1. The van der Waals surface area contributed by atoms with Crippen molar-refractivity contribution in [3.63, 3.8) is 0 Å². The van der Waals surface area contributed by atoms with Crippen LogP contribution in [-0.2, 0) is 9.59 Å². The van der Waals surface area contributed by atoms with Gasteiger partial charge in [0.25, 0.3) is 0 Å². The van der Waals surface area contributed by atoms with Crippen LogP contribution in [0.1, 0.15) is 37.7 Å². The number of allylic oxidation sites excluding steroid dienone is 2. The summed E-state index contributed by atoms with van der Waals surface area (Å²) < 4.78 is 0. The van der Waals surface area contributed by atoms with Crippen LogP contribution < -0.4 is 5.32 Å². The predicted octanol–water partition coefficient (Wildman–Crippen LogP) is 2.92. The van der Waals surface area contributed by atoms with Gasteiger partial charge in [0.2, 0.25) is 11.8 Å². The first kappa shape index (κ1) is 16.7. The molecule has 5 heteroatoms. The molecule has 0 saturated carbocycles. The van der Waals surface area contributed by atoms with E-state index in [2.05, 4.69) is 22.5 Å². The van der Waals surface area contributed by atoms with Crippen LogP contribution in [0.5, 0.6) is 0 Å². The Kier molecular flexibility index (Phi) is 5.28. The van der Waals surface area contributed by atoms with Gasteiger partial charge < -0.3 is 10.2 Å². The van der Waals surface area contributed by atoms with E-state index in [1.807, 2.05) is 24.0 Å². The quantitative estimate of drug-likeness (QED) is 0.865. The first-order valence-corrected chi connectivity index (χ1v) is 8.80. The molecular formula is C19H25N3O2. The van der Waals surface area contributed by atoms with Crippen LogP contribution in [0.3, 0.4) is 0 Å². The van der Waals surface area contributed by atoms with Gasteiger partial charge in [-0.1, -0.05) is 18.2 Å². The monoisotopic (exact) mass is 327 g/mol. The number of amides is 2. The van der Waals surface area contributed by atoms with Crippen LogP contribution >= 0.6 is 0 Å². The van der Waals surface area contributed by atoms with Crippen molar-refractivity contribution in [1.82, 2.24) is 9.88 Å². The second kappa shape index (κ2) is 7.60. The fourth-order valence-corrected chi connectivity index (χ4v) is 3.41. The fraction of sp³-hybridized carbons (Fsp3) is 0.526. The second-order valence-electron chi connectivity index (χ2n) is 6.86. The van der Waals surface area contributed by atoms with Crippen molar-refractivity contribution in [3.8, 4) is 0 Å². The highest BCUT2D eigenvalue weighted by atomic mass is 16.2. The van der Waals surface area contributed by atoms with Gasteiger partial charge in [-0.05, 0) is 50.2 Å². The SMILES string of the molecule is Cc1ccc(NC(=O)[C@@H]2CCCN(C(=O)C[C@@H]3C=CCC3)C2)nc1. The van der Waals surface area contributed by atoms with Crippen LogP contribution in [0.15, 0.2) is 30.5 Å². The molecule has 0 aromatic carbocycles. The molecule has 1 fully saturated rings. The Labute approximate surface area is 143 Å². The van der Waals surface area contributed by atoms with E-state index in [0.29, 0.717) is 24.7 Å². The van der Waals surface area contributed by atoms with E-state index >= 15 is 0 Å². The van der Waals surface area contributed by atoms with Gasteiger partial charge >= 0.3 is 0 Å². The molecule has 24 heavy (non-hydrogen) atoms. The van der Waals surface area contributed by atoms with Gasteiger partial charge in [0, 0.05) is 25.7 Å². The van der Waals surface area contributed by atoms with Gasteiger partial charge in [-0.3, -0.25) is 9.59 Å². The van der Waals surface area contributed by atoms with Crippen molar-refractivity contribution < 1.29 is 9.59 Å². The summed E-state index contributed by atoms with van der Waals surface area (Å²) in [7, 11) is 0. The lowest BCUT2D eigenvalue weighted by molar-refractivity contribution is -0.135. The van der Waals surface area contributed by atoms with E-state index in [1.165, 1.54) is 0 Å². The van der Waals surface area contributed by atoms with E-state index < -0.39 is 0 Å². The number of piperidine rings is 1. The van der Waals surface area contributed by atoms with Gasteiger partial charge in [0.05, 0.1) is 5.92 Å². The lowest BCUT2D eigenvalue weighted by Crippen LogP contribution is -2.44. The summed E-state index contributed by atoms with van der Waals surface area (Å²) in [5.41, 5.74) is 1.06. The lowest BCUT2D eigenvalue weighted by Gasteiger charge is -2.32. The van der Waals surface area contributed by atoms with Crippen LogP contribution in [0.4, 0.5) is 5.82 Å². The average Bonchev–Trinajstić information content (AvgIpc) is 3.10. The zero-order valence-corrected chi connectivity index (χ0v) is 14.2. The molecule has 2 aliphatic rings. The minimum atomic E-state index is -0.148. The van der Waals surface area contributed by atoms with Crippen LogP contribution in [-0.4, -0.2) is 34.8 Å². The Hall–Kier alpha value is -2.17. The summed E-state index contributed by atoms with van der Waals surface area (Å²) in [5.74, 6) is 0.945. The molecule has 2 heterocycles. The standard InChI is InChI=1S/C19H25N3O2/c1-14-8-9-17(20-12-14)21-19(24)16-7-4-10-22(13-16)18(23)11-15-5-2-3-6-15/h2,5,8-9,12,15-16H,3-4,6-7,10-11,13H2,1H3,(H,20,21,24)/t15-,16-/m1/s1. The number of nitrogens with one attached hydrogen (secondary N) is 1. The van der Waals surface area contributed by atoms with Crippen LogP contribution in [0.25, 0.3) is 0 Å². The van der Waals surface area contributed by atoms with E-state index in [0.717, 1.165) is 37.8 Å². The van der Waals surface area contributed by atoms with Gasteiger partial charge in [-0.25, -0.2) is 4.98 Å². The third-order valence-electron chi connectivity index (χ3n) is 4.86. The minimum Gasteiger partial charge on any atom is -0.342 e. The minimum absolute atomic E-state index is 0.0374. The van der Waals surface area contributed by atoms with E-state index in [4.69, 9.17) is 0 Å². The zero-order chi connectivity index (χ0) is 16.9. The molecule has 1 saturated heterocycles. The summed E-state index contributed by atoms with van der Waals surface area (Å²) in [5, 5.41) is 2.87. The van der Waals surface area contributed by atoms with Gasteiger partial charge in [0.1, 0.15) is 5.82 Å². The normalized spacial score (nSPS) is 23.3. The van der Waals surface area contributed by atoms with E-state index in [1.54, 1.807) is 6.20 Å². The van der Waals surface area contributed by atoms with Crippen molar-refractivity contribution in [2.75, 3.05) is 18.4 Å². The third-order valence-corrected chi connectivity index (χ3v) is 4.86. The highest BCUT2D eigenvalue weighted by Crippen LogP contribution is 2.24. The first-order valence-electron chi connectivity index (χ1n) is 8.80. The van der Waals surface area contributed by atoms with Crippen molar-refractivity contribution in [2.24, 2.45) is 11.8 Å². The number of nitrogens with zero attached hydrogens (tertiary/aromatic N) is 2. The smallest absolute Gasteiger partial charge is 0.230 e. The van der Waals surface area contributed by atoms with Crippen LogP contribution in [0, 0.1) is 18.8 Å². The molecule has 1 aromatic heterocycles. The molecule has 1 aromatic rings. The molecule has 1 aliphatic carbocycles. The molecule has 3 rings (SSSR count). The Balaban J connectivity index is 1.54.